The Morgan fingerprint density at radius 3 is 2.27 bits per heavy atom. The summed E-state index contributed by atoms with van der Waals surface area (Å²) >= 11 is -0.480. The fourth-order valence-electron chi connectivity index (χ4n) is 2.56. The number of imidazole rings is 1. The number of esters is 1. The summed E-state index contributed by atoms with van der Waals surface area (Å²) in [6.07, 6.45) is 0. The summed E-state index contributed by atoms with van der Waals surface area (Å²) in [6, 6.07) is 6.35. The standard InChI is InChI=1S/C16H22N2O2.Au.ClH/c1-6-20-16(19)13-7-8-14-15(9-13)18(12(4)5)10-17(14)11(2)3;;/h7-9,11-12H,6H2,1-5H3;;1H/q;+1;/p-1. The van der Waals surface area contributed by atoms with Gasteiger partial charge in [0.2, 0.25) is 0 Å². The Morgan fingerprint density at radius 2 is 1.77 bits per heavy atom. The van der Waals surface area contributed by atoms with E-state index in [1.54, 1.807) is 0 Å². The Bertz CT molecular complexity index is 759. The molecule has 126 valence electrons. The number of carbonyl (C=O) groups is 1. The van der Waals surface area contributed by atoms with Crippen molar-refractivity contribution in [3.8, 4) is 0 Å². The van der Waals surface area contributed by atoms with Crippen LogP contribution in [0.5, 0.6) is 0 Å². The van der Waals surface area contributed by atoms with Crippen molar-refractivity contribution in [3.63, 3.8) is 0 Å². The van der Waals surface area contributed by atoms with Crippen LogP contribution in [-0.4, -0.2) is 21.7 Å². The number of carbonyl (C=O) groups excluding carboxylic acids is 1. The van der Waals surface area contributed by atoms with E-state index in [-0.39, 0.29) is 12.0 Å². The molecule has 4 nitrogen and oxygen atoms in total. The predicted molar refractivity (Wildman–Crippen MR) is 85.8 cm³/mol. The van der Waals surface area contributed by atoms with E-state index in [1.165, 1.54) is 0 Å². The number of benzene rings is 1. The minimum absolute atomic E-state index is 0.280. The van der Waals surface area contributed by atoms with E-state index in [0.717, 1.165) is 14.7 Å². The van der Waals surface area contributed by atoms with Gasteiger partial charge < -0.3 is 0 Å². The Morgan fingerprint density at radius 1 is 1.18 bits per heavy atom. The van der Waals surface area contributed by atoms with Gasteiger partial charge in [0.15, 0.2) is 0 Å². The Labute approximate surface area is 143 Å². The first-order chi connectivity index (χ1) is 10.4. The zero-order chi connectivity index (χ0) is 16.4. The molecule has 0 atom stereocenters. The molecule has 0 aliphatic carbocycles. The molecule has 1 aromatic carbocycles. The molecule has 0 fully saturated rings. The second kappa shape index (κ2) is 7.18. The topological polar surface area (TPSA) is 36.2 Å². The van der Waals surface area contributed by atoms with Gasteiger partial charge in [0.25, 0.3) is 0 Å². The van der Waals surface area contributed by atoms with Crippen LogP contribution in [-0.2, 0) is 22.9 Å². The fourth-order valence-corrected chi connectivity index (χ4v) is 5.49. The molecule has 6 heteroatoms. The second-order valence-electron chi connectivity index (χ2n) is 5.64. The third-order valence-corrected chi connectivity index (χ3v) is 5.69. The first-order valence-electron chi connectivity index (χ1n) is 7.38. The van der Waals surface area contributed by atoms with Gasteiger partial charge in [-0.3, -0.25) is 0 Å². The van der Waals surface area contributed by atoms with Gasteiger partial charge in [-0.05, 0) is 0 Å². The van der Waals surface area contributed by atoms with Crippen LogP contribution in [0.15, 0.2) is 18.2 Å². The molecule has 0 amide bonds. The molecule has 1 heterocycles. The van der Waals surface area contributed by atoms with Crippen molar-refractivity contribution >= 4 is 26.2 Å². The van der Waals surface area contributed by atoms with Gasteiger partial charge in [-0.15, -0.1) is 0 Å². The van der Waals surface area contributed by atoms with E-state index in [0.29, 0.717) is 18.2 Å². The molecule has 1 aromatic heterocycles. The van der Waals surface area contributed by atoms with Crippen molar-refractivity contribution in [1.82, 2.24) is 9.13 Å². The van der Waals surface area contributed by atoms with E-state index < -0.39 is 18.2 Å². The number of hydrogen-bond acceptors (Lipinski definition) is 2. The first-order valence-corrected chi connectivity index (χ1v) is 11.1. The Hall–Kier alpha value is -0.810. The SMILES string of the molecule is CCOC(=O)c1ccc2c(c1)n(C(C)C)[c](=[Au][Cl])n2C(C)C. The molecule has 0 aliphatic heterocycles. The number of hydrogen-bond donors (Lipinski definition) is 0. The number of ether oxygens (including phenoxy) is 1. The van der Waals surface area contributed by atoms with Crippen molar-refractivity contribution in [2.45, 2.75) is 46.7 Å². The minimum atomic E-state index is -0.480. The second-order valence-corrected chi connectivity index (χ2v) is 7.95. The van der Waals surface area contributed by atoms with Gasteiger partial charge in [-0.2, -0.15) is 0 Å². The van der Waals surface area contributed by atoms with Crippen LogP contribution in [0.25, 0.3) is 11.0 Å². The van der Waals surface area contributed by atoms with Crippen molar-refractivity contribution in [2.75, 3.05) is 6.61 Å². The van der Waals surface area contributed by atoms with Crippen LogP contribution in [0.2, 0.25) is 0 Å². The van der Waals surface area contributed by atoms with Crippen molar-refractivity contribution in [2.24, 2.45) is 0 Å². The van der Waals surface area contributed by atoms with Gasteiger partial charge in [-0.25, -0.2) is 0 Å². The molecule has 0 unspecified atom stereocenters. The molecule has 0 aliphatic rings. The maximum absolute atomic E-state index is 12.0. The summed E-state index contributed by atoms with van der Waals surface area (Å²) in [5.41, 5.74) is 2.74. The van der Waals surface area contributed by atoms with Crippen molar-refractivity contribution < 1.29 is 27.7 Å². The molecule has 0 saturated carbocycles. The van der Waals surface area contributed by atoms with Crippen molar-refractivity contribution in [3.05, 3.63) is 27.4 Å². The summed E-state index contributed by atoms with van der Waals surface area (Å²) < 4.78 is 10.8. The number of halogens is 1. The molecule has 2 aromatic rings. The molecular weight excluding hydrogens is 485 g/mol. The van der Waals surface area contributed by atoms with Crippen LogP contribution in [0.3, 0.4) is 0 Å². The van der Waals surface area contributed by atoms with E-state index in [2.05, 4.69) is 36.8 Å². The number of rotatable bonds is 4. The van der Waals surface area contributed by atoms with E-state index in [9.17, 15) is 4.79 Å². The zero-order valence-electron chi connectivity index (χ0n) is 13.5. The Kier molecular flexibility index (Phi) is 5.72. The molecule has 0 saturated heterocycles. The van der Waals surface area contributed by atoms with Crippen molar-refractivity contribution in [1.29, 1.82) is 0 Å². The summed E-state index contributed by atoms with van der Waals surface area (Å²) in [7, 11) is 6.31. The molecule has 0 bridgehead atoms. The van der Waals surface area contributed by atoms with Crippen LogP contribution < -0.4 is 0 Å². The van der Waals surface area contributed by atoms with Gasteiger partial charge in [0, 0.05) is 0 Å². The molecule has 22 heavy (non-hydrogen) atoms. The third kappa shape index (κ3) is 3.11. The molecule has 2 rings (SSSR count). The number of aromatic nitrogens is 2. The molecular formula is C16H22AuClN2O2. The quantitative estimate of drug-likeness (QED) is 0.451. The third-order valence-electron chi connectivity index (χ3n) is 3.45. The van der Waals surface area contributed by atoms with Crippen LogP contribution in [0, 0.1) is 3.63 Å². The summed E-state index contributed by atoms with van der Waals surface area (Å²) in [4.78, 5) is 12.0. The summed E-state index contributed by atoms with van der Waals surface area (Å²) in [6.45, 7) is 10.8. The summed E-state index contributed by atoms with van der Waals surface area (Å²) in [5, 5.41) is 0. The molecule has 0 N–H and O–H groups in total. The van der Waals surface area contributed by atoms with Crippen LogP contribution in [0.1, 0.15) is 57.1 Å². The van der Waals surface area contributed by atoms with E-state index in [4.69, 9.17) is 13.9 Å². The number of nitrogens with zero attached hydrogens (tertiary/aromatic N) is 2. The summed E-state index contributed by atoms with van der Waals surface area (Å²) in [5.74, 6) is -0.280. The number of fused-ring (bicyclic) bond motifs is 1. The van der Waals surface area contributed by atoms with Gasteiger partial charge in [0.1, 0.15) is 0 Å². The molecule has 0 spiro atoms. The van der Waals surface area contributed by atoms with Crippen LogP contribution >= 0.6 is 9.19 Å². The van der Waals surface area contributed by atoms with Gasteiger partial charge in [-0.1, -0.05) is 0 Å². The first kappa shape index (κ1) is 17.5. The average Bonchev–Trinajstić information content (AvgIpc) is 2.80. The fraction of sp³-hybridized carbons (Fsp3) is 0.500. The van der Waals surface area contributed by atoms with Gasteiger partial charge in [0.05, 0.1) is 0 Å². The average molecular weight is 507 g/mol. The molecule has 0 radical (unpaired) electrons. The monoisotopic (exact) mass is 506 g/mol. The van der Waals surface area contributed by atoms with Gasteiger partial charge >= 0.3 is 144 Å². The normalized spacial score (nSPS) is 13.4. The van der Waals surface area contributed by atoms with E-state index in [1.807, 2.05) is 25.1 Å². The maximum atomic E-state index is 12.0. The zero-order valence-corrected chi connectivity index (χ0v) is 16.4. The van der Waals surface area contributed by atoms with E-state index >= 15 is 0 Å². The predicted octanol–water partition coefficient (Wildman–Crippen LogP) is 4.55. The van der Waals surface area contributed by atoms with Crippen LogP contribution in [0.4, 0.5) is 0 Å². The Balaban J connectivity index is 2.81.